The number of benzene rings is 2. The van der Waals surface area contributed by atoms with Gasteiger partial charge in [0.1, 0.15) is 23.7 Å². The van der Waals surface area contributed by atoms with E-state index >= 15 is 0 Å². The Morgan fingerprint density at radius 1 is 1.08 bits per heavy atom. The number of nitrogens with zero attached hydrogens (tertiary/aromatic N) is 2. The van der Waals surface area contributed by atoms with Gasteiger partial charge in [0.2, 0.25) is 21.8 Å². The number of carbonyl (C=O) groups is 4. The second-order valence-corrected chi connectivity index (χ2v) is 18.2. The van der Waals surface area contributed by atoms with Gasteiger partial charge in [0.15, 0.2) is 0 Å². The molecule has 52 heavy (non-hydrogen) atoms. The first-order valence-electron chi connectivity index (χ1n) is 17.8. The summed E-state index contributed by atoms with van der Waals surface area (Å²) in [6.45, 7) is 14.4. The van der Waals surface area contributed by atoms with Gasteiger partial charge in [-0.2, -0.15) is 0 Å². The molecule has 2 aliphatic heterocycles. The first-order valence-corrected chi connectivity index (χ1v) is 19.8. The molecule has 4 amide bonds. The predicted octanol–water partition coefficient (Wildman–Crippen LogP) is 4.87. The number of carbonyl (C=O) groups excluding carboxylic acids is 4. The molecule has 1 saturated heterocycles. The number of hydrogen-bond acceptors (Lipinski definition) is 8. The lowest BCUT2D eigenvalue weighted by atomic mass is 9.87. The predicted molar refractivity (Wildman–Crippen MR) is 198 cm³/mol. The van der Waals surface area contributed by atoms with E-state index in [4.69, 9.17) is 16.3 Å². The van der Waals surface area contributed by atoms with Crippen molar-refractivity contribution in [3.05, 3.63) is 76.8 Å². The van der Waals surface area contributed by atoms with E-state index in [1.807, 2.05) is 50.2 Å². The molecule has 14 heteroatoms. The fourth-order valence-electron chi connectivity index (χ4n) is 7.07. The molecule has 2 aromatic carbocycles. The lowest BCUT2D eigenvalue weighted by molar-refractivity contribution is -0.140. The van der Waals surface area contributed by atoms with Crippen molar-refractivity contribution in [3.8, 4) is 0 Å². The highest BCUT2D eigenvalue weighted by Gasteiger charge is 2.62. The Morgan fingerprint density at radius 3 is 2.40 bits per heavy atom. The Bertz CT molecular complexity index is 1890. The van der Waals surface area contributed by atoms with Gasteiger partial charge in [-0.25, -0.2) is 13.2 Å². The number of amides is 4. The Balaban J connectivity index is 1.24. The van der Waals surface area contributed by atoms with Gasteiger partial charge in [0.05, 0.1) is 18.3 Å². The second kappa shape index (κ2) is 14.0. The van der Waals surface area contributed by atoms with E-state index in [-0.39, 0.29) is 43.2 Å². The first-order chi connectivity index (χ1) is 24.4. The van der Waals surface area contributed by atoms with Gasteiger partial charge in [0.25, 0.3) is 5.91 Å². The number of ether oxygens (including phenoxy) is 1. The molecule has 0 spiro atoms. The van der Waals surface area contributed by atoms with E-state index < -0.39 is 62.8 Å². The summed E-state index contributed by atoms with van der Waals surface area (Å²) >= 11 is 6.38. The fourth-order valence-corrected chi connectivity index (χ4v) is 8.69. The maximum absolute atomic E-state index is 14.5. The standard InChI is InChI=1S/C38H48ClN5O7S/c1-7-24-18-38(24,35(47)42-52(49,50)28-14-15-28)41-33(45)31-17-27(51-36(48)43-19-23-10-8-13-30(39)29(23)21-43)20-44(31)34(46)32(22(2)3)40-26-12-9-11-25(16-26)37(4,5)6/h7-13,16,22,24,27-28,31-32,40H,1,14-15,17-21H2,2-6H3,(H,41,45)(H,42,47)/t24-,27-,31?,32+,38-/m1/s1. The van der Waals surface area contributed by atoms with Crippen LogP contribution in [0.1, 0.15) is 77.0 Å². The molecule has 5 atom stereocenters. The van der Waals surface area contributed by atoms with Crippen molar-refractivity contribution in [3.63, 3.8) is 0 Å². The molecule has 3 N–H and O–H groups in total. The number of nitrogens with one attached hydrogen (secondary N) is 3. The quantitative estimate of drug-likeness (QED) is 0.275. The van der Waals surface area contributed by atoms with Gasteiger partial charge < -0.3 is 20.3 Å². The molecule has 2 aliphatic carbocycles. The zero-order valence-electron chi connectivity index (χ0n) is 30.3. The third-order valence-corrected chi connectivity index (χ3v) is 12.7. The van der Waals surface area contributed by atoms with Gasteiger partial charge >= 0.3 is 6.09 Å². The van der Waals surface area contributed by atoms with E-state index in [1.165, 1.54) is 15.9 Å². The summed E-state index contributed by atoms with van der Waals surface area (Å²) < 4.78 is 33.5. The second-order valence-electron chi connectivity index (χ2n) is 15.9. The zero-order valence-corrected chi connectivity index (χ0v) is 31.9. The Kier molecular flexibility index (Phi) is 10.2. The average molecular weight is 754 g/mol. The molecular weight excluding hydrogens is 706 g/mol. The number of likely N-dealkylation sites (tertiary alicyclic amines) is 1. The molecule has 0 bridgehead atoms. The SMILES string of the molecule is C=C[C@@H]1C[C@]1(NC(=O)C1C[C@@H](OC(=O)N2Cc3cccc(Cl)c3C2)CN1C(=O)[C@@H](Nc1cccc(C(C)(C)C)c1)C(C)C)C(=O)NS(=O)(=O)C1CC1. The summed E-state index contributed by atoms with van der Waals surface area (Å²) in [4.78, 5) is 58.6. The summed E-state index contributed by atoms with van der Waals surface area (Å²) in [5.41, 5.74) is 1.93. The van der Waals surface area contributed by atoms with E-state index in [0.717, 1.165) is 22.4 Å². The highest BCUT2D eigenvalue weighted by Crippen LogP contribution is 2.45. The maximum atomic E-state index is 14.5. The first kappa shape index (κ1) is 37.7. The summed E-state index contributed by atoms with van der Waals surface area (Å²) in [7, 11) is -3.88. The molecule has 2 heterocycles. The van der Waals surface area contributed by atoms with E-state index in [9.17, 15) is 27.6 Å². The van der Waals surface area contributed by atoms with E-state index in [2.05, 4.69) is 42.7 Å². The average Bonchev–Trinajstić information content (AvgIpc) is 3.97. The largest absolute Gasteiger partial charge is 0.444 e. The Hall–Kier alpha value is -4.10. The summed E-state index contributed by atoms with van der Waals surface area (Å²) in [6.07, 6.45) is 1.15. The van der Waals surface area contributed by atoms with Crippen LogP contribution in [0.15, 0.2) is 55.1 Å². The van der Waals surface area contributed by atoms with Crippen LogP contribution in [0.25, 0.3) is 0 Å². The molecule has 0 radical (unpaired) electrons. The van der Waals surface area contributed by atoms with Crippen LogP contribution in [0, 0.1) is 11.8 Å². The minimum absolute atomic E-state index is 0.0218. The number of fused-ring (bicyclic) bond motifs is 1. The van der Waals surface area contributed by atoms with E-state index in [0.29, 0.717) is 24.4 Å². The molecule has 12 nitrogen and oxygen atoms in total. The summed E-state index contributed by atoms with van der Waals surface area (Å²) in [5.74, 6) is -2.56. The van der Waals surface area contributed by atoms with Crippen LogP contribution in [-0.4, -0.2) is 77.6 Å². The topological polar surface area (TPSA) is 154 Å². The van der Waals surface area contributed by atoms with Crippen LogP contribution < -0.4 is 15.4 Å². The van der Waals surface area contributed by atoms with Gasteiger partial charge in [-0.1, -0.05) is 76.6 Å². The lowest BCUT2D eigenvalue weighted by Crippen LogP contribution is -2.58. The number of sulfonamides is 1. The van der Waals surface area contributed by atoms with Crippen molar-refractivity contribution in [1.82, 2.24) is 19.8 Å². The maximum Gasteiger partial charge on any atom is 0.410 e. The molecule has 2 aromatic rings. The molecule has 0 aromatic heterocycles. The van der Waals surface area contributed by atoms with E-state index in [1.54, 1.807) is 6.07 Å². The number of halogens is 1. The minimum Gasteiger partial charge on any atom is -0.444 e. The van der Waals surface area contributed by atoms with Crippen LogP contribution >= 0.6 is 11.6 Å². The number of anilines is 1. The molecule has 280 valence electrons. The van der Waals surface area contributed by atoms with Crippen LogP contribution in [0.2, 0.25) is 5.02 Å². The Morgan fingerprint density at radius 2 is 1.79 bits per heavy atom. The van der Waals surface area contributed by atoms with Crippen molar-refractivity contribution in [1.29, 1.82) is 0 Å². The highest BCUT2D eigenvalue weighted by atomic mass is 35.5. The summed E-state index contributed by atoms with van der Waals surface area (Å²) in [6, 6.07) is 11.5. The highest BCUT2D eigenvalue weighted by molar-refractivity contribution is 7.91. The third-order valence-electron chi connectivity index (χ3n) is 10.5. The van der Waals surface area contributed by atoms with Gasteiger partial charge in [-0.15, -0.1) is 6.58 Å². The molecule has 6 rings (SSSR count). The van der Waals surface area contributed by atoms with Crippen LogP contribution in [0.4, 0.5) is 10.5 Å². The Labute approximate surface area is 310 Å². The molecule has 2 saturated carbocycles. The third kappa shape index (κ3) is 7.66. The molecule has 1 unspecified atom stereocenters. The lowest BCUT2D eigenvalue weighted by Gasteiger charge is -2.32. The molecular formula is C38H48ClN5O7S. The minimum atomic E-state index is -3.88. The fraction of sp³-hybridized carbons (Fsp3) is 0.526. The smallest absolute Gasteiger partial charge is 0.410 e. The molecule has 3 fully saturated rings. The normalized spacial score (nSPS) is 24.6. The van der Waals surface area contributed by atoms with Gasteiger partial charge in [-0.3, -0.25) is 24.0 Å². The van der Waals surface area contributed by atoms with Crippen molar-refractivity contribution < 1.29 is 32.3 Å². The zero-order chi connectivity index (χ0) is 37.7. The van der Waals surface area contributed by atoms with Crippen LogP contribution in [0.3, 0.4) is 0 Å². The van der Waals surface area contributed by atoms with Crippen molar-refractivity contribution >= 4 is 51.1 Å². The molecule has 4 aliphatic rings. The van der Waals surface area contributed by atoms with Crippen LogP contribution in [0.5, 0.6) is 0 Å². The van der Waals surface area contributed by atoms with Crippen molar-refractivity contribution in [2.24, 2.45) is 11.8 Å². The summed E-state index contributed by atoms with van der Waals surface area (Å²) in [5, 5.41) is 6.11. The van der Waals surface area contributed by atoms with Crippen LogP contribution in [-0.2, 0) is 47.6 Å². The van der Waals surface area contributed by atoms with Crippen molar-refractivity contribution in [2.45, 2.75) is 108 Å². The van der Waals surface area contributed by atoms with Gasteiger partial charge in [-0.05, 0) is 65.5 Å². The van der Waals surface area contributed by atoms with Gasteiger partial charge in [0, 0.05) is 29.6 Å². The monoisotopic (exact) mass is 753 g/mol. The van der Waals surface area contributed by atoms with Crippen molar-refractivity contribution in [2.75, 3.05) is 11.9 Å². The number of hydrogen-bond donors (Lipinski definition) is 3. The number of rotatable bonds is 11.